The van der Waals surface area contributed by atoms with Crippen LogP contribution in [0.1, 0.15) is 38.0 Å². The highest BCUT2D eigenvalue weighted by Crippen LogP contribution is 2.32. The van der Waals surface area contributed by atoms with Gasteiger partial charge in [0.2, 0.25) is 5.90 Å². The Labute approximate surface area is 142 Å². The summed E-state index contributed by atoms with van der Waals surface area (Å²) < 4.78 is 11.6. The lowest BCUT2D eigenvalue weighted by atomic mass is 10.0. The third-order valence-electron chi connectivity index (χ3n) is 3.58. The summed E-state index contributed by atoms with van der Waals surface area (Å²) in [5, 5.41) is 0. The van der Waals surface area contributed by atoms with Crippen molar-refractivity contribution in [3.05, 3.63) is 71.8 Å². The minimum atomic E-state index is -0.707. The van der Waals surface area contributed by atoms with Crippen molar-refractivity contribution in [3.8, 4) is 0 Å². The van der Waals surface area contributed by atoms with Crippen LogP contribution < -0.4 is 0 Å². The van der Waals surface area contributed by atoms with Gasteiger partial charge in [0.05, 0.1) is 0 Å². The predicted molar refractivity (Wildman–Crippen MR) is 92.9 cm³/mol. The number of ether oxygens (including phenoxy) is 2. The van der Waals surface area contributed by atoms with Crippen molar-refractivity contribution in [2.75, 3.05) is 0 Å². The summed E-state index contributed by atoms with van der Waals surface area (Å²) in [6.07, 6.45) is -0.476. The van der Waals surface area contributed by atoms with E-state index in [0.717, 1.165) is 11.1 Å². The van der Waals surface area contributed by atoms with E-state index in [2.05, 4.69) is 4.99 Å². The molecule has 0 radical (unpaired) electrons. The molecule has 0 spiro atoms. The molecule has 0 aliphatic carbocycles. The van der Waals surface area contributed by atoms with Gasteiger partial charge in [-0.1, -0.05) is 48.5 Å². The third kappa shape index (κ3) is 3.65. The van der Waals surface area contributed by atoms with E-state index >= 15 is 0 Å². The molecule has 24 heavy (non-hydrogen) atoms. The molecule has 4 nitrogen and oxygen atoms in total. The van der Waals surface area contributed by atoms with Gasteiger partial charge in [-0.15, -0.1) is 0 Å². The number of carbonyl (C=O) groups excluding carboxylic acids is 1. The molecule has 2 atom stereocenters. The van der Waals surface area contributed by atoms with Gasteiger partial charge in [0.25, 0.3) is 0 Å². The molecule has 0 N–H and O–H groups in total. The lowest BCUT2D eigenvalue weighted by Gasteiger charge is -2.23. The van der Waals surface area contributed by atoms with E-state index < -0.39 is 17.7 Å². The lowest BCUT2D eigenvalue weighted by molar-refractivity contribution is -0.158. The zero-order chi connectivity index (χ0) is 17.2. The summed E-state index contributed by atoms with van der Waals surface area (Å²) >= 11 is 0. The summed E-state index contributed by atoms with van der Waals surface area (Å²) in [7, 11) is 0. The van der Waals surface area contributed by atoms with E-state index in [9.17, 15) is 4.79 Å². The third-order valence-corrected chi connectivity index (χ3v) is 3.58. The van der Waals surface area contributed by atoms with Crippen molar-refractivity contribution in [1.82, 2.24) is 0 Å². The summed E-state index contributed by atoms with van der Waals surface area (Å²) in [4.78, 5) is 17.1. The van der Waals surface area contributed by atoms with Crippen LogP contribution >= 0.6 is 0 Å². The number of aliphatic imine (C=N–C) groups is 1. The average molecular weight is 323 g/mol. The van der Waals surface area contributed by atoms with Crippen LogP contribution in [0.4, 0.5) is 0 Å². The Balaban J connectivity index is 1.93. The highest BCUT2D eigenvalue weighted by molar-refractivity contribution is 5.98. The molecule has 0 fully saturated rings. The van der Waals surface area contributed by atoms with Crippen molar-refractivity contribution in [1.29, 1.82) is 0 Å². The minimum absolute atomic E-state index is 0.373. The second-order valence-corrected chi connectivity index (χ2v) is 6.73. The van der Waals surface area contributed by atoms with Crippen molar-refractivity contribution in [3.63, 3.8) is 0 Å². The fraction of sp³-hybridized carbons (Fsp3) is 0.300. The monoisotopic (exact) mass is 323 g/mol. The predicted octanol–water partition coefficient (Wildman–Crippen LogP) is 3.92. The second kappa shape index (κ2) is 6.48. The molecule has 0 aromatic heterocycles. The zero-order valence-electron chi connectivity index (χ0n) is 14.1. The SMILES string of the molecule is CC(C)(C)OC(=O)[C@@H]1N=C(c2ccccc2)O[C@H]1c1ccccc1. The normalized spacial score (nSPS) is 20.2. The van der Waals surface area contributed by atoms with E-state index in [1.807, 2.05) is 81.4 Å². The van der Waals surface area contributed by atoms with E-state index in [1.165, 1.54) is 0 Å². The largest absolute Gasteiger partial charge is 0.466 e. The topological polar surface area (TPSA) is 47.9 Å². The molecule has 0 bridgehead atoms. The van der Waals surface area contributed by atoms with E-state index in [1.54, 1.807) is 0 Å². The Morgan fingerprint density at radius 1 is 1.00 bits per heavy atom. The Morgan fingerprint density at radius 3 is 2.17 bits per heavy atom. The van der Waals surface area contributed by atoms with Gasteiger partial charge in [-0.3, -0.25) is 0 Å². The van der Waals surface area contributed by atoms with Crippen molar-refractivity contribution in [2.24, 2.45) is 4.99 Å². The summed E-state index contributed by atoms with van der Waals surface area (Å²) in [5.74, 6) is 0.0996. The molecule has 0 saturated heterocycles. The van der Waals surface area contributed by atoms with Gasteiger partial charge in [-0.2, -0.15) is 0 Å². The molecule has 1 heterocycles. The number of esters is 1. The highest BCUT2D eigenvalue weighted by atomic mass is 16.6. The molecular weight excluding hydrogens is 302 g/mol. The maximum Gasteiger partial charge on any atom is 0.335 e. The Kier molecular flexibility index (Phi) is 4.38. The molecule has 0 amide bonds. The Bertz CT molecular complexity index is 732. The fourth-order valence-electron chi connectivity index (χ4n) is 2.56. The Morgan fingerprint density at radius 2 is 1.58 bits per heavy atom. The molecule has 4 heteroatoms. The number of hydrogen-bond acceptors (Lipinski definition) is 4. The van der Waals surface area contributed by atoms with Crippen molar-refractivity contribution < 1.29 is 14.3 Å². The molecule has 1 aliphatic heterocycles. The van der Waals surface area contributed by atoms with Gasteiger partial charge in [-0.25, -0.2) is 9.79 Å². The molecule has 1 aliphatic rings. The molecule has 0 unspecified atom stereocenters. The standard InChI is InChI=1S/C20H21NO3/c1-20(2,3)24-19(22)16-17(14-10-6-4-7-11-14)23-18(21-16)15-12-8-5-9-13-15/h4-13,16-17H,1-3H3/t16-,17+/m1/s1. The van der Waals surface area contributed by atoms with Gasteiger partial charge in [-0.05, 0) is 38.5 Å². The van der Waals surface area contributed by atoms with Crippen LogP contribution in [0.3, 0.4) is 0 Å². The zero-order valence-corrected chi connectivity index (χ0v) is 14.1. The Hall–Kier alpha value is -2.62. The van der Waals surface area contributed by atoms with Crippen molar-refractivity contribution in [2.45, 2.75) is 38.5 Å². The van der Waals surface area contributed by atoms with Crippen LogP contribution in [0.15, 0.2) is 65.7 Å². The highest BCUT2D eigenvalue weighted by Gasteiger charge is 2.40. The first-order valence-electron chi connectivity index (χ1n) is 8.02. The van der Waals surface area contributed by atoms with Gasteiger partial charge >= 0.3 is 5.97 Å². The maximum absolute atomic E-state index is 12.6. The van der Waals surface area contributed by atoms with Crippen LogP contribution in [-0.2, 0) is 14.3 Å². The number of carbonyl (C=O) groups is 1. The lowest BCUT2D eigenvalue weighted by Crippen LogP contribution is -2.33. The number of nitrogens with zero attached hydrogens (tertiary/aromatic N) is 1. The van der Waals surface area contributed by atoms with Crippen molar-refractivity contribution >= 4 is 11.9 Å². The summed E-state index contributed by atoms with van der Waals surface area (Å²) in [6.45, 7) is 5.54. The molecule has 2 aromatic carbocycles. The van der Waals surface area contributed by atoms with Crippen LogP contribution in [0.25, 0.3) is 0 Å². The smallest absolute Gasteiger partial charge is 0.335 e. The number of hydrogen-bond donors (Lipinski definition) is 0. The second-order valence-electron chi connectivity index (χ2n) is 6.73. The van der Waals surface area contributed by atoms with Gasteiger partial charge < -0.3 is 9.47 Å². The summed E-state index contributed by atoms with van der Waals surface area (Å²) in [6, 6.07) is 18.5. The van der Waals surface area contributed by atoms with Crippen LogP contribution in [0.2, 0.25) is 0 Å². The average Bonchev–Trinajstić information content (AvgIpc) is 3.00. The first-order valence-corrected chi connectivity index (χ1v) is 8.02. The van der Waals surface area contributed by atoms with E-state index in [4.69, 9.17) is 9.47 Å². The summed E-state index contributed by atoms with van der Waals surface area (Å²) in [5.41, 5.74) is 1.19. The molecule has 0 saturated carbocycles. The first kappa shape index (κ1) is 16.2. The maximum atomic E-state index is 12.6. The minimum Gasteiger partial charge on any atom is -0.466 e. The van der Waals surface area contributed by atoms with E-state index in [0.29, 0.717) is 5.90 Å². The van der Waals surface area contributed by atoms with Crippen LogP contribution in [-0.4, -0.2) is 23.5 Å². The quantitative estimate of drug-likeness (QED) is 0.805. The molecule has 3 rings (SSSR count). The van der Waals surface area contributed by atoms with E-state index in [-0.39, 0.29) is 5.97 Å². The van der Waals surface area contributed by atoms with Gasteiger partial charge in [0.15, 0.2) is 12.1 Å². The van der Waals surface area contributed by atoms with Crippen LogP contribution in [0.5, 0.6) is 0 Å². The van der Waals surface area contributed by atoms with Crippen LogP contribution in [0, 0.1) is 0 Å². The van der Waals surface area contributed by atoms with Gasteiger partial charge in [0.1, 0.15) is 5.60 Å². The molecule has 2 aromatic rings. The fourth-order valence-corrected chi connectivity index (χ4v) is 2.56. The number of benzene rings is 2. The first-order chi connectivity index (χ1) is 11.4. The molecule has 124 valence electrons. The molecular formula is C20H21NO3. The number of rotatable bonds is 3. The van der Waals surface area contributed by atoms with Gasteiger partial charge in [0, 0.05) is 5.56 Å².